The highest BCUT2D eigenvalue weighted by Gasteiger charge is 2.15. The maximum atomic E-state index is 12.3. The van der Waals surface area contributed by atoms with E-state index in [-0.39, 0.29) is 22.3 Å². The molecule has 0 atom stereocenters. The number of carbonyl (C=O) groups is 2. The maximum Gasteiger partial charge on any atom is 0.269 e. The minimum atomic E-state index is -0.387. The van der Waals surface area contributed by atoms with Gasteiger partial charge in [0.05, 0.1) is 10.7 Å². The van der Waals surface area contributed by atoms with Crippen LogP contribution in [0, 0.1) is 3.57 Å². The highest BCUT2D eigenvalue weighted by atomic mass is 127. The van der Waals surface area contributed by atoms with Gasteiger partial charge in [-0.15, -0.1) is 0 Å². The van der Waals surface area contributed by atoms with Crippen LogP contribution in [0.5, 0.6) is 5.75 Å². The van der Waals surface area contributed by atoms with Crippen LogP contribution < -0.4 is 20.9 Å². The molecule has 28 heavy (non-hydrogen) atoms. The molecule has 3 N–H and O–H groups in total. The smallest absolute Gasteiger partial charge is 0.269 e. The van der Waals surface area contributed by atoms with Gasteiger partial charge in [0.25, 0.3) is 11.8 Å². The summed E-state index contributed by atoms with van der Waals surface area (Å²) in [5, 5.41) is 2.52. The molecule has 2 aromatic rings. The second-order valence-electron chi connectivity index (χ2n) is 7.04. The van der Waals surface area contributed by atoms with Crippen LogP contribution >= 0.6 is 34.8 Å². The summed E-state index contributed by atoms with van der Waals surface area (Å²) in [7, 11) is 1.57. The third kappa shape index (κ3) is 5.90. The Morgan fingerprint density at radius 3 is 2.11 bits per heavy atom. The average molecular weight is 511 g/mol. The van der Waals surface area contributed by atoms with Gasteiger partial charge in [0, 0.05) is 11.1 Å². The molecule has 0 unspecified atom stereocenters. The Labute approximate surface area is 183 Å². The molecule has 2 amide bonds. The summed E-state index contributed by atoms with van der Waals surface area (Å²) in [6.07, 6.45) is 0. The van der Waals surface area contributed by atoms with Crippen LogP contribution in [0.2, 0.25) is 0 Å². The Morgan fingerprint density at radius 2 is 1.57 bits per heavy atom. The first-order valence-corrected chi connectivity index (χ1v) is 9.96. The summed E-state index contributed by atoms with van der Waals surface area (Å²) in [5.41, 5.74) is 7.07. The minimum absolute atomic E-state index is 0.00418. The molecule has 8 heteroatoms. The van der Waals surface area contributed by atoms with E-state index in [2.05, 4.69) is 59.5 Å². The van der Waals surface area contributed by atoms with Gasteiger partial charge in [-0.25, -0.2) is 0 Å². The zero-order chi connectivity index (χ0) is 20.9. The van der Waals surface area contributed by atoms with Crippen LogP contribution in [0.25, 0.3) is 0 Å². The van der Waals surface area contributed by atoms with E-state index in [0.717, 1.165) is 9.13 Å². The van der Waals surface area contributed by atoms with Crippen LogP contribution in [-0.4, -0.2) is 24.0 Å². The van der Waals surface area contributed by atoms with Gasteiger partial charge in [-0.1, -0.05) is 32.9 Å². The van der Waals surface area contributed by atoms with Crippen molar-refractivity contribution in [1.29, 1.82) is 0 Å². The van der Waals surface area contributed by atoms with Crippen molar-refractivity contribution in [3.63, 3.8) is 0 Å². The zero-order valence-corrected chi connectivity index (χ0v) is 19.0. The number of hydrogen-bond acceptors (Lipinski definition) is 4. The van der Waals surface area contributed by atoms with Gasteiger partial charge in [-0.2, -0.15) is 0 Å². The molecule has 2 aromatic carbocycles. The molecule has 2 rings (SSSR count). The molecule has 0 aliphatic heterocycles. The quantitative estimate of drug-likeness (QED) is 0.334. The van der Waals surface area contributed by atoms with Gasteiger partial charge in [0.1, 0.15) is 5.75 Å². The lowest BCUT2D eigenvalue weighted by molar-refractivity contribution is 0.0934. The summed E-state index contributed by atoms with van der Waals surface area (Å²) in [6, 6.07) is 12.4. The van der Waals surface area contributed by atoms with Crippen LogP contribution in [0.15, 0.2) is 42.5 Å². The molecule has 148 valence electrons. The molecule has 0 bridgehead atoms. The number of rotatable bonds is 3. The van der Waals surface area contributed by atoms with Gasteiger partial charge in [0.15, 0.2) is 5.11 Å². The zero-order valence-electron chi connectivity index (χ0n) is 16.1. The molecule has 0 heterocycles. The number of methoxy groups -OCH3 is 1. The molecule has 0 radical (unpaired) electrons. The van der Waals surface area contributed by atoms with Crippen molar-refractivity contribution in [3.05, 3.63) is 62.7 Å². The number of amides is 2. The van der Waals surface area contributed by atoms with Crippen LogP contribution in [0.1, 0.15) is 47.1 Å². The second-order valence-corrected chi connectivity index (χ2v) is 8.61. The largest absolute Gasteiger partial charge is 0.496 e. The van der Waals surface area contributed by atoms with Crippen LogP contribution in [0.4, 0.5) is 0 Å². The van der Waals surface area contributed by atoms with Gasteiger partial charge in [-0.3, -0.25) is 25.8 Å². The molecular formula is C20H22IN3O3S. The highest BCUT2D eigenvalue weighted by molar-refractivity contribution is 14.1. The van der Waals surface area contributed by atoms with E-state index in [4.69, 9.17) is 17.0 Å². The number of hydrogen-bond donors (Lipinski definition) is 3. The topological polar surface area (TPSA) is 79.5 Å². The van der Waals surface area contributed by atoms with Crippen molar-refractivity contribution < 1.29 is 14.3 Å². The van der Waals surface area contributed by atoms with E-state index < -0.39 is 0 Å². The van der Waals surface area contributed by atoms with E-state index in [0.29, 0.717) is 16.9 Å². The minimum Gasteiger partial charge on any atom is -0.496 e. The standard InChI is InChI=1S/C20H22IN3O3S/c1-20(2,3)14-8-5-12(6-9-14)18(26)23-24-19(28)22-17(25)13-7-10-16(27-4)15(21)11-13/h5-11H,1-4H3,(H,23,26)(H2,22,24,25,28). The normalized spacial score (nSPS) is 10.8. The molecule has 0 saturated carbocycles. The van der Waals surface area contributed by atoms with E-state index in [1.165, 1.54) is 0 Å². The SMILES string of the molecule is COc1ccc(C(=O)NC(=S)NNC(=O)c2ccc(C(C)(C)C)cc2)cc1I. The summed E-state index contributed by atoms with van der Waals surface area (Å²) >= 11 is 7.15. The molecule has 0 saturated heterocycles. The average Bonchev–Trinajstić information content (AvgIpc) is 2.65. The Hall–Kier alpha value is -2.20. The van der Waals surface area contributed by atoms with Crippen molar-refractivity contribution in [1.82, 2.24) is 16.2 Å². The number of benzene rings is 2. The summed E-state index contributed by atoms with van der Waals surface area (Å²) < 4.78 is 5.97. The summed E-state index contributed by atoms with van der Waals surface area (Å²) in [5.74, 6) is -0.0551. The van der Waals surface area contributed by atoms with Crippen molar-refractivity contribution in [2.24, 2.45) is 0 Å². The fourth-order valence-corrected chi connectivity index (χ4v) is 3.20. The number of halogens is 1. The predicted molar refractivity (Wildman–Crippen MR) is 122 cm³/mol. The Bertz CT molecular complexity index is 893. The fourth-order valence-electron chi connectivity index (χ4n) is 2.32. The Balaban J connectivity index is 1.90. The van der Waals surface area contributed by atoms with Crippen LogP contribution in [-0.2, 0) is 5.41 Å². The second kappa shape index (κ2) is 9.33. The third-order valence-electron chi connectivity index (χ3n) is 3.94. The van der Waals surface area contributed by atoms with Crippen LogP contribution in [0.3, 0.4) is 0 Å². The van der Waals surface area contributed by atoms with E-state index in [1.54, 1.807) is 37.4 Å². The molecule has 6 nitrogen and oxygen atoms in total. The highest BCUT2D eigenvalue weighted by Crippen LogP contribution is 2.22. The molecular weight excluding hydrogens is 489 g/mol. The maximum absolute atomic E-state index is 12.3. The van der Waals surface area contributed by atoms with Gasteiger partial charge in [-0.05, 0) is 76.1 Å². The van der Waals surface area contributed by atoms with E-state index in [9.17, 15) is 9.59 Å². The lowest BCUT2D eigenvalue weighted by Crippen LogP contribution is -2.48. The molecule has 0 spiro atoms. The molecule has 0 aliphatic carbocycles. The summed E-state index contributed by atoms with van der Waals surface area (Å²) in [4.78, 5) is 24.5. The van der Waals surface area contributed by atoms with Crippen molar-refractivity contribution in [2.75, 3.05) is 7.11 Å². The number of thiocarbonyl (C=S) groups is 1. The molecule has 0 aromatic heterocycles. The fraction of sp³-hybridized carbons (Fsp3) is 0.250. The third-order valence-corrected chi connectivity index (χ3v) is 4.99. The first kappa shape index (κ1) is 22.1. The van der Waals surface area contributed by atoms with Gasteiger partial charge in [0.2, 0.25) is 0 Å². The lowest BCUT2D eigenvalue weighted by atomic mass is 9.87. The summed E-state index contributed by atoms with van der Waals surface area (Å²) in [6.45, 7) is 6.32. The van der Waals surface area contributed by atoms with Crippen molar-refractivity contribution in [2.45, 2.75) is 26.2 Å². The number of hydrazine groups is 1. The number of nitrogens with one attached hydrogen (secondary N) is 3. The van der Waals surface area contributed by atoms with Crippen molar-refractivity contribution >= 4 is 51.7 Å². The molecule has 0 aliphatic rings. The number of ether oxygens (including phenoxy) is 1. The van der Waals surface area contributed by atoms with Crippen molar-refractivity contribution in [3.8, 4) is 5.75 Å². The predicted octanol–water partition coefficient (Wildman–Crippen LogP) is 3.55. The lowest BCUT2D eigenvalue weighted by Gasteiger charge is -2.19. The first-order valence-electron chi connectivity index (χ1n) is 8.47. The first-order chi connectivity index (χ1) is 13.1. The monoisotopic (exact) mass is 511 g/mol. The number of carbonyl (C=O) groups excluding carboxylic acids is 2. The van der Waals surface area contributed by atoms with Gasteiger partial charge < -0.3 is 4.74 Å². The van der Waals surface area contributed by atoms with Gasteiger partial charge >= 0.3 is 0 Å². The van der Waals surface area contributed by atoms with E-state index in [1.807, 2.05) is 12.1 Å². The van der Waals surface area contributed by atoms with E-state index >= 15 is 0 Å². The Kier molecular flexibility index (Phi) is 7.36. The molecule has 0 fully saturated rings. The Morgan fingerprint density at radius 1 is 0.964 bits per heavy atom.